The molecule has 4 rings (SSSR count). The smallest absolute Gasteiger partial charge is 0.487 e. The average molecular weight is 728 g/mol. The number of nitrogen functional groups attached to an aromatic ring is 1. The molecule has 2 aliphatic rings. The van der Waals surface area contributed by atoms with Gasteiger partial charge in [0.25, 0.3) is 0 Å². The number of nitrogens with zero attached hydrogens (tertiary/aromatic N) is 2. The van der Waals surface area contributed by atoms with E-state index < -0.39 is 44.5 Å². The van der Waals surface area contributed by atoms with Crippen molar-refractivity contribution in [3.05, 3.63) is 46.0 Å². The maximum atomic E-state index is 14.8. The van der Waals surface area contributed by atoms with Crippen LogP contribution in [0.5, 0.6) is 11.5 Å². The number of hydrogen-bond acceptors (Lipinski definition) is 9. The summed E-state index contributed by atoms with van der Waals surface area (Å²) in [4.78, 5) is 25.9. The van der Waals surface area contributed by atoms with E-state index in [0.717, 1.165) is 66.7 Å². The first-order valence-corrected chi connectivity index (χ1v) is 19.4. The van der Waals surface area contributed by atoms with E-state index in [-0.39, 0.29) is 17.2 Å². The predicted molar refractivity (Wildman–Crippen MR) is 187 cm³/mol. The molecule has 0 aliphatic carbocycles. The monoisotopic (exact) mass is 727 g/mol. The largest absolute Gasteiger partial charge is 0.527 e. The van der Waals surface area contributed by atoms with Crippen LogP contribution >= 0.6 is 7.82 Å². The number of phosphoric acid groups is 1. The fourth-order valence-corrected chi connectivity index (χ4v) is 7.67. The topological polar surface area (TPSA) is 155 Å². The molecule has 11 nitrogen and oxygen atoms in total. The van der Waals surface area contributed by atoms with Crippen molar-refractivity contribution in [1.29, 1.82) is 0 Å². The molecule has 4 N–H and O–H groups in total. The van der Waals surface area contributed by atoms with E-state index in [1.807, 2.05) is 6.92 Å². The average Bonchev–Trinajstić information content (AvgIpc) is 3.23. The van der Waals surface area contributed by atoms with Crippen molar-refractivity contribution >= 4 is 13.6 Å². The molecule has 1 aromatic carbocycles. The van der Waals surface area contributed by atoms with Crippen molar-refractivity contribution in [3.63, 3.8) is 0 Å². The quantitative estimate of drug-likeness (QED) is 0.130. The number of alkyl halides is 2. The third-order valence-corrected chi connectivity index (χ3v) is 10.9. The molecule has 2 unspecified atom stereocenters. The lowest BCUT2D eigenvalue weighted by Gasteiger charge is -2.37. The zero-order valence-corrected chi connectivity index (χ0v) is 31.2. The van der Waals surface area contributed by atoms with Crippen LogP contribution in [0.4, 0.5) is 14.6 Å². The highest BCUT2D eigenvalue weighted by molar-refractivity contribution is 7.47. The van der Waals surface area contributed by atoms with Crippen LogP contribution < -0.4 is 20.7 Å². The van der Waals surface area contributed by atoms with Gasteiger partial charge in [-0.25, -0.2) is 9.36 Å². The van der Waals surface area contributed by atoms with Crippen LogP contribution in [-0.4, -0.2) is 49.9 Å². The zero-order chi connectivity index (χ0) is 36.9. The van der Waals surface area contributed by atoms with E-state index in [4.69, 9.17) is 24.3 Å². The summed E-state index contributed by atoms with van der Waals surface area (Å²) in [6.07, 6.45) is 6.93. The lowest BCUT2D eigenvalue weighted by Crippen LogP contribution is -2.42. The molecule has 0 saturated carbocycles. The van der Waals surface area contributed by atoms with Crippen molar-refractivity contribution in [2.75, 3.05) is 12.3 Å². The normalized spacial score (nSPS) is 25.5. The van der Waals surface area contributed by atoms with Gasteiger partial charge < -0.3 is 24.8 Å². The molecule has 2 aromatic rings. The maximum absolute atomic E-state index is 14.8. The molecular weight excluding hydrogens is 671 g/mol. The summed E-state index contributed by atoms with van der Waals surface area (Å²) in [6, 6.07) is 4.30. The summed E-state index contributed by atoms with van der Waals surface area (Å²) in [5.74, 6) is -1.10. The van der Waals surface area contributed by atoms with Crippen molar-refractivity contribution in [2.45, 2.75) is 142 Å². The Morgan fingerprint density at radius 2 is 1.74 bits per heavy atom. The number of halogens is 2. The SMILES string of the molecule is Cc1cc(OP(=O)(O)OC[C@H]2O[C@@H](n3ccc(N)nc3=O)C(F)(F)C2O)cc2c1O[C@](C)(CCC[C@H](C)CCC[C@H](C)CCCC(C)C)CC2. The number of phosphoric ester groups is 1. The highest BCUT2D eigenvalue weighted by Crippen LogP contribution is 2.49. The Labute approximate surface area is 294 Å². The van der Waals surface area contributed by atoms with Gasteiger partial charge >= 0.3 is 19.4 Å². The highest BCUT2D eigenvalue weighted by Gasteiger charge is 2.60. The van der Waals surface area contributed by atoms with Gasteiger partial charge in [-0.1, -0.05) is 72.6 Å². The Morgan fingerprint density at radius 1 is 1.10 bits per heavy atom. The number of ether oxygens (including phenoxy) is 2. The van der Waals surface area contributed by atoms with Gasteiger partial charge in [0.05, 0.1) is 6.61 Å². The Morgan fingerprint density at radius 3 is 2.38 bits per heavy atom. The molecule has 2 aliphatic heterocycles. The van der Waals surface area contributed by atoms with Crippen LogP contribution in [0, 0.1) is 24.7 Å². The first-order valence-electron chi connectivity index (χ1n) is 17.9. The molecule has 14 heteroatoms. The van der Waals surface area contributed by atoms with Gasteiger partial charge in [-0.3, -0.25) is 14.0 Å². The van der Waals surface area contributed by atoms with Crippen LogP contribution in [0.2, 0.25) is 0 Å². The number of aromatic nitrogens is 2. The van der Waals surface area contributed by atoms with Gasteiger partial charge in [-0.15, -0.1) is 0 Å². The number of nitrogens with two attached hydrogens (primary N) is 1. The summed E-state index contributed by atoms with van der Waals surface area (Å²) >= 11 is 0. The molecule has 282 valence electrons. The number of aliphatic hydroxyl groups is 1. The lowest BCUT2D eigenvalue weighted by molar-refractivity contribution is -0.140. The van der Waals surface area contributed by atoms with E-state index in [9.17, 15) is 28.1 Å². The molecule has 7 atom stereocenters. The molecule has 1 saturated heterocycles. The van der Waals surface area contributed by atoms with Gasteiger partial charge in [0, 0.05) is 6.20 Å². The van der Waals surface area contributed by atoms with Crippen LogP contribution in [0.3, 0.4) is 0 Å². The van der Waals surface area contributed by atoms with E-state index in [1.54, 1.807) is 12.1 Å². The van der Waals surface area contributed by atoms with Crippen molar-refractivity contribution in [3.8, 4) is 11.5 Å². The van der Waals surface area contributed by atoms with Crippen LogP contribution in [0.25, 0.3) is 0 Å². The fraction of sp³-hybridized carbons (Fsp3) is 0.722. The van der Waals surface area contributed by atoms with E-state index in [0.29, 0.717) is 16.9 Å². The summed E-state index contributed by atoms with van der Waals surface area (Å²) < 4.78 is 65.0. The molecule has 0 bridgehead atoms. The highest BCUT2D eigenvalue weighted by atomic mass is 31.2. The predicted octanol–water partition coefficient (Wildman–Crippen LogP) is 7.75. The number of benzene rings is 1. The van der Waals surface area contributed by atoms with Gasteiger partial charge in [0.1, 0.15) is 29.0 Å². The Kier molecular flexibility index (Phi) is 13.5. The second kappa shape index (κ2) is 16.8. The molecular formula is C36H56F2N3O8P. The van der Waals surface area contributed by atoms with Crippen molar-refractivity contribution < 1.29 is 41.9 Å². The number of aryl methyl sites for hydroxylation is 2. The molecule has 1 fully saturated rings. The van der Waals surface area contributed by atoms with Crippen LogP contribution in [0.15, 0.2) is 29.2 Å². The molecule has 0 spiro atoms. The fourth-order valence-electron chi connectivity index (χ4n) is 6.91. The summed E-state index contributed by atoms with van der Waals surface area (Å²) in [6.45, 7) is 12.3. The number of rotatable bonds is 18. The van der Waals surface area contributed by atoms with E-state index >= 15 is 0 Å². The summed E-state index contributed by atoms with van der Waals surface area (Å²) in [5, 5.41) is 10.2. The molecule has 3 heterocycles. The zero-order valence-electron chi connectivity index (χ0n) is 30.3. The Balaban J connectivity index is 1.25. The molecule has 0 amide bonds. The van der Waals surface area contributed by atoms with Crippen molar-refractivity contribution in [2.24, 2.45) is 17.8 Å². The third-order valence-electron chi connectivity index (χ3n) is 9.98. The van der Waals surface area contributed by atoms with E-state index in [1.165, 1.54) is 38.5 Å². The minimum absolute atomic E-state index is 0.0537. The molecule has 50 heavy (non-hydrogen) atoms. The minimum Gasteiger partial charge on any atom is -0.487 e. The van der Waals surface area contributed by atoms with Gasteiger partial charge in [-0.05, 0) is 86.6 Å². The lowest BCUT2D eigenvalue weighted by atomic mass is 9.85. The maximum Gasteiger partial charge on any atom is 0.527 e. The van der Waals surface area contributed by atoms with E-state index in [2.05, 4.69) is 39.6 Å². The second-order valence-electron chi connectivity index (χ2n) is 15.2. The number of fused-ring (bicyclic) bond motifs is 1. The van der Waals surface area contributed by atoms with Crippen molar-refractivity contribution in [1.82, 2.24) is 9.55 Å². The number of aliphatic hydroxyl groups excluding tert-OH is 1. The first kappa shape index (κ1) is 40.2. The van der Waals surface area contributed by atoms with Crippen LogP contribution in [-0.2, 0) is 20.2 Å². The summed E-state index contributed by atoms with van der Waals surface area (Å²) in [5.41, 5.74) is 5.54. The van der Waals surface area contributed by atoms with Gasteiger partial charge in [0.15, 0.2) is 6.10 Å². The van der Waals surface area contributed by atoms with Gasteiger partial charge in [-0.2, -0.15) is 13.8 Å². The number of anilines is 1. The molecule has 1 aromatic heterocycles. The third kappa shape index (κ3) is 10.7. The van der Waals surface area contributed by atoms with Gasteiger partial charge in [0.2, 0.25) is 6.23 Å². The van der Waals surface area contributed by atoms with Crippen LogP contribution in [0.1, 0.15) is 116 Å². The summed E-state index contributed by atoms with van der Waals surface area (Å²) in [7, 11) is -4.85. The first-order chi connectivity index (χ1) is 23.4. The second-order valence-corrected chi connectivity index (χ2v) is 16.6. The molecule has 0 radical (unpaired) electrons. The minimum atomic E-state index is -4.85. The Hall–Kier alpha value is -2.57. The standard InChI is InChI=1S/C36H56F2N3O8P/c1-23(2)10-7-11-24(3)12-8-13-25(4)14-9-17-35(6)18-15-27-21-28(20-26(5)31(27)48-35)49-50(44,45)46-22-29-32(42)36(37,38)33(47-29)41-19-16-30(39)40-34(41)43/h16,19-21,23-25,29,32-33,42H,7-15,17-18,22H2,1-6H3,(H,44,45)(H2,39,40,43)/t24-,25-,29-,32?,33-,35-/m1/s1. The number of hydrogen-bond donors (Lipinski definition) is 3. The Bertz CT molecular complexity index is 1540.